The molecule has 0 saturated carbocycles. The molecule has 1 aromatic heterocycles. The lowest BCUT2D eigenvalue weighted by Crippen LogP contribution is -2.44. The van der Waals surface area contributed by atoms with Gasteiger partial charge in [0.1, 0.15) is 11.8 Å². The average molecular weight is 393 g/mol. The van der Waals surface area contributed by atoms with E-state index in [1.54, 1.807) is 12.1 Å². The van der Waals surface area contributed by atoms with E-state index >= 15 is 0 Å². The summed E-state index contributed by atoms with van der Waals surface area (Å²) in [7, 11) is 1.43. The Kier molecular flexibility index (Phi) is 4.97. The van der Waals surface area contributed by atoms with Crippen LogP contribution in [0, 0.1) is 6.92 Å². The standard InChI is InChI=1S/C19H21ClN2O5/c1-11-14(9-22-6-4-3-5-15(22)19(23)24-2)21-18(27-11)12-7-16-17(8-13(12)20)26-10-25-16/h7-8,15H,3-6,9-10H2,1-2H3/t15-/m1/s1. The zero-order chi connectivity index (χ0) is 19.0. The van der Waals surface area contributed by atoms with Crippen LogP contribution >= 0.6 is 11.6 Å². The van der Waals surface area contributed by atoms with Crippen LogP contribution in [0.15, 0.2) is 16.5 Å². The second kappa shape index (κ2) is 7.40. The van der Waals surface area contributed by atoms with Crippen LogP contribution < -0.4 is 9.47 Å². The highest BCUT2D eigenvalue weighted by molar-refractivity contribution is 6.33. The van der Waals surface area contributed by atoms with Crippen molar-refractivity contribution in [3.05, 3.63) is 28.6 Å². The molecule has 2 aromatic rings. The van der Waals surface area contributed by atoms with Gasteiger partial charge in [0.15, 0.2) is 11.5 Å². The molecule has 0 unspecified atom stereocenters. The van der Waals surface area contributed by atoms with Crippen LogP contribution in [-0.4, -0.2) is 42.3 Å². The molecule has 0 bridgehead atoms. The maximum Gasteiger partial charge on any atom is 0.323 e. The number of fused-ring (bicyclic) bond motifs is 1. The van der Waals surface area contributed by atoms with Crippen molar-refractivity contribution >= 4 is 17.6 Å². The summed E-state index contributed by atoms with van der Waals surface area (Å²) < 4.78 is 21.6. The molecular formula is C19H21ClN2O5. The molecule has 1 saturated heterocycles. The molecule has 2 aliphatic rings. The number of esters is 1. The number of nitrogens with zero attached hydrogens (tertiary/aromatic N) is 2. The van der Waals surface area contributed by atoms with E-state index in [2.05, 4.69) is 9.88 Å². The monoisotopic (exact) mass is 392 g/mol. The molecule has 1 fully saturated rings. The fourth-order valence-electron chi connectivity index (χ4n) is 3.55. The number of carbonyl (C=O) groups is 1. The van der Waals surface area contributed by atoms with Crippen LogP contribution in [-0.2, 0) is 16.1 Å². The number of ether oxygens (including phenoxy) is 3. The summed E-state index contributed by atoms with van der Waals surface area (Å²) >= 11 is 6.37. The number of likely N-dealkylation sites (tertiary alicyclic amines) is 1. The first-order valence-electron chi connectivity index (χ1n) is 8.94. The van der Waals surface area contributed by atoms with E-state index in [1.807, 2.05) is 6.92 Å². The third kappa shape index (κ3) is 3.49. The Morgan fingerprint density at radius 2 is 2.11 bits per heavy atom. The van der Waals surface area contributed by atoms with E-state index in [-0.39, 0.29) is 18.8 Å². The molecule has 0 amide bonds. The number of hydrogen-bond donors (Lipinski definition) is 0. The average Bonchev–Trinajstić information content (AvgIpc) is 3.27. The predicted octanol–water partition coefficient (Wildman–Crippen LogP) is 3.56. The van der Waals surface area contributed by atoms with Crippen molar-refractivity contribution in [2.75, 3.05) is 20.4 Å². The Hall–Kier alpha value is -2.25. The lowest BCUT2D eigenvalue weighted by atomic mass is 10.0. The summed E-state index contributed by atoms with van der Waals surface area (Å²) in [6, 6.07) is 3.24. The van der Waals surface area contributed by atoms with Gasteiger partial charge in [-0.2, -0.15) is 0 Å². The Bertz CT molecular complexity index is 866. The fourth-order valence-corrected chi connectivity index (χ4v) is 3.78. The summed E-state index contributed by atoms with van der Waals surface area (Å²) in [6.45, 7) is 3.39. The van der Waals surface area contributed by atoms with Crippen molar-refractivity contribution in [2.45, 2.75) is 38.8 Å². The van der Waals surface area contributed by atoms with Gasteiger partial charge >= 0.3 is 5.97 Å². The Morgan fingerprint density at radius 3 is 2.89 bits per heavy atom. The minimum Gasteiger partial charge on any atom is -0.468 e. The zero-order valence-corrected chi connectivity index (χ0v) is 16.0. The van der Waals surface area contributed by atoms with Crippen LogP contribution in [0.5, 0.6) is 11.5 Å². The molecule has 3 heterocycles. The van der Waals surface area contributed by atoms with Gasteiger partial charge in [0.25, 0.3) is 0 Å². The molecule has 0 spiro atoms. The summed E-state index contributed by atoms with van der Waals surface area (Å²) in [5.74, 6) is 2.16. The van der Waals surface area contributed by atoms with Gasteiger partial charge in [0.2, 0.25) is 12.7 Å². The van der Waals surface area contributed by atoms with Crippen molar-refractivity contribution in [3.8, 4) is 23.0 Å². The molecule has 2 aliphatic heterocycles. The Morgan fingerprint density at radius 1 is 1.33 bits per heavy atom. The third-order valence-electron chi connectivity index (χ3n) is 5.03. The highest BCUT2D eigenvalue weighted by atomic mass is 35.5. The minimum atomic E-state index is -0.238. The number of carbonyl (C=O) groups excluding carboxylic acids is 1. The number of oxazole rings is 1. The van der Waals surface area contributed by atoms with Crippen molar-refractivity contribution in [2.24, 2.45) is 0 Å². The molecular weight excluding hydrogens is 372 g/mol. The van der Waals surface area contributed by atoms with Crippen molar-refractivity contribution < 1.29 is 23.4 Å². The van der Waals surface area contributed by atoms with Crippen LogP contribution in [0.1, 0.15) is 30.7 Å². The number of aryl methyl sites for hydroxylation is 1. The summed E-state index contributed by atoms with van der Waals surface area (Å²) in [5, 5.41) is 0.484. The van der Waals surface area contributed by atoms with E-state index in [4.69, 9.17) is 30.2 Å². The van der Waals surface area contributed by atoms with Gasteiger partial charge in [-0.15, -0.1) is 0 Å². The topological polar surface area (TPSA) is 74.0 Å². The molecule has 7 nitrogen and oxygen atoms in total. The van der Waals surface area contributed by atoms with E-state index in [0.717, 1.165) is 31.5 Å². The molecule has 1 atom stereocenters. The second-order valence-corrected chi connectivity index (χ2v) is 7.12. The highest BCUT2D eigenvalue weighted by Gasteiger charge is 2.31. The van der Waals surface area contributed by atoms with Gasteiger partial charge in [-0.05, 0) is 32.4 Å². The largest absolute Gasteiger partial charge is 0.468 e. The molecule has 0 aliphatic carbocycles. The van der Waals surface area contributed by atoms with Gasteiger partial charge in [0.05, 0.1) is 23.4 Å². The van der Waals surface area contributed by atoms with E-state index in [0.29, 0.717) is 40.3 Å². The number of piperidine rings is 1. The molecule has 8 heteroatoms. The van der Waals surface area contributed by atoms with Crippen molar-refractivity contribution in [1.29, 1.82) is 0 Å². The number of methoxy groups -OCH3 is 1. The van der Waals surface area contributed by atoms with Gasteiger partial charge in [-0.1, -0.05) is 18.0 Å². The Balaban J connectivity index is 1.59. The Labute approximate surface area is 162 Å². The van der Waals surface area contributed by atoms with Gasteiger partial charge in [-0.25, -0.2) is 4.98 Å². The van der Waals surface area contributed by atoms with E-state index in [9.17, 15) is 4.79 Å². The van der Waals surface area contributed by atoms with E-state index < -0.39 is 0 Å². The maximum atomic E-state index is 12.1. The van der Waals surface area contributed by atoms with Crippen LogP contribution in [0.3, 0.4) is 0 Å². The normalized spacial score (nSPS) is 19.3. The fraction of sp³-hybridized carbons (Fsp3) is 0.474. The predicted molar refractivity (Wildman–Crippen MR) is 97.9 cm³/mol. The van der Waals surface area contributed by atoms with Crippen LogP contribution in [0.4, 0.5) is 0 Å². The summed E-state index contributed by atoms with van der Waals surface area (Å²) in [5.41, 5.74) is 1.44. The van der Waals surface area contributed by atoms with Gasteiger partial charge in [-0.3, -0.25) is 9.69 Å². The number of halogens is 1. The van der Waals surface area contributed by atoms with E-state index in [1.165, 1.54) is 7.11 Å². The SMILES string of the molecule is COC(=O)[C@H]1CCCCN1Cc1nc(-c2cc3c(cc2Cl)OCO3)oc1C. The quantitative estimate of drug-likeness (QED) is 0.736. The second-order valence-electron chi connectivity index (χ2n) is 6.71. The molecule has 1 aromatic carbocycles. The first kappa shape index (κ1) is 18.1. The summed E-state index contributed by atoms with van der Waals surface area (Å²) in [4.78, 5) is 18.8. The highest BCUT2D eigenvalue weighted by Crippen LogP contribution is 2.41. The molecule has 0 N–H and O–H groups in total. The number of benzene rings is 1. The molecule has 144 valence electrons. The smallest absolute Gasteiger partial charge is 0.323 e. The zero-order valence-electron chi connectivity index (χ0n) is 15.3. The number of aromatic nitrogens is 1. The van der Waals surface area contributed by atoms with Crippen molar-refractivity contribution in [1.82, 2.24) is 9.88 Å². The maximum absolute atomic E-state index is 12.1. The lowest BCUT2D eigenvalue weighted by molar-refractivity contribution is -0.148. The molecule has 4 rings (SSSR count). The molecule has 0 radical (unpaired) electrons. The third-order valence-corrected chi connectivity index (χ3v) is 5.34. The number of hydrogen-bond acceptors (Lipinski definition) is 7. The van der Waals surface area contributed by atoms with Gasteiger partial charge < -0.3 is 18.6 Å². The van der Waals surface area contributed by atoms with Crippen LogP contribution in [0.25, 0.3) is 11.5 Å². The summed E-state index contributed by atoms with van der Waals surface area (Å²) in [6.07, 6.45) is 2.86. The first-order chi connectivity index (χ1) is 13.1. The minimum absolute atomic E-state index is 0.175. The number of rotatable bonds is 4. The van der Waals surface area contributed by atoms with Gasteiger partial charge in [0, 0.05) is 12.6 Å². The van der Waals surface area contributed by atoms with Crippen LogP contribution in [0.2, 0.25) is 5.02 Å². The first-order valence-corrected chi connectivity index (χ1v) is 9.32. The molecule has 27 heavy (non-hydrogen) atoms. The lowest BCUT2D eigenvalue weighted by Gasteiger charge is -2.33. The van der Waals surface area contributed by atoms with Crippen molar-refractivity contribution in [3.63, 3.8) is 0 Å².